The van der Waals surface area contributed by atoms with Gasteiger partial charge in [0.1, 0.15) is 0 Å². The van der Waals surface area contributed by atoms with E-state index in [4.69, 9.17) is 5.73 Å². The van der Waals surface area contributed by atoms with Crippen LogP contribution in [0.5, 0.6) is 0 Å². The molecule has 1 fully saturated rings. The number of hydrogen-bond acceptors (Lipinski definition) is 3. The monoisotopic (exact) mass is 177 g/mol. The van der Waals surface area contributed by atoms with E-state index in [1.54, 1.807) is 0 Å². The van der Waals surface area contributed by atoms with Crippen LogP contribution in [0.25, 0.3) is 0 Å². The van der Waals surface area contributed by atoms with E-state index in [1.165, 1.54) is 12.8 Å². The van der Waals surface area contributed by atoms with Gasteiger partial charge >= 0.3 is 18.9 Å². The molecule has 0 radical (unpaired) electrons. The minimum Gasteiger partial charge on any atom is -0.548 e. The summed E-state index contributed by atoms with van der Waals surface area (Å²) in [6.45, 7) is 2.11. The van der Waals surface area contributed by atoms with Crippen LogP contribution in [0.15, 0.2) is 0 Å². The molecule has 13 heavy (non-hydrogen) atoms. The van der Waals surface area contributed by atoms with Gasteiger partial charge in [-0.3, -0.25) is 0 Å². The Morgan fingerprint density at radius 3 is 2.38 bits per heavy atom. The Kier molecular flexibility index (Phi) is 5.06. The first-order valence-corrected chi connectivity index (χ1v) is 4.50. The number of carbonyl (C=O) groups excluding carboxylic acids is 1. The Bertz CT molecular complexity index is 178. The summed E-state index contributed by atoms with van der Waals surface area (Å²) in [5.41, 5.74) is 5.57. The first-order chi connectivity index (χ1) is 5.53. The van der Waals surface area contributed by atoms with E-state index in [2.05, 4.69) is 6.92 Å². The summed E-state index contributed by atoms with van der Waals surface area (Å²) in [6, 6.07) is -0.784. The average Bonchev–Trinajstić information content (AvgIpc) is 2.35. The summed E-state index contributed by atoms with van der Waals surface area (Å²) in [7, 11) is 0. The van der Waals surface area contributed by atoms with Gasteiger partial charge in [-0.15, -0.1) is 0 Å². The van der Waals surface area contributed by atoms with Crippen molar-refractivity contribution >= 4 is 5.97 Å². The summed E-state index contributed by atoms with van der Waals surface area (Å²) in [5.74, 6) is -1.12. The molecule has 0 aromatic heterocycles. The van der Waals surface area contributed by atoms with Crippen molar-refractivity contribution in [3.8, 4) is 0 Å². The van der Waals surface area contributed by atoms with Gasteiger partial charge in [-0.2, -0.15) is 0 Å². The Labute approximate surface area is 91.2 Å². The smallest absolute Gasteiger partial charge is 0.548 e. The number of carboxylic acids is 1. The van der Waals surface area contributed by atoms with E-state index in [9.17, 15) is 9.90 Å². The third kappa shape index (κ3) is 3.72. The summed E-state index contributed by atoms with van der Waals surface area (Å²) in [4.78, 5) is 10.4. The minimum absolute atomic E-state index is 0. The zero-order chi connectivity index (χ0) is 9.19. The molecule has 1 aliphatic rings. The van der Waals surface area contributed by atoms with Gasteiger partial charge in [-0.25, -0.2) is 0 Å². The Balaban J connectivity index is 0.00000144. The van der Waals surface area contributed by atoms with Crippen molar-refractivity contribution in [2.24, 2.45) is 11.1 Å². The molecular weight excluding hydrogens is 161 g/mol. The number of carboxylic acid groups (broad SMARTS) is 1. The second-order valence-corrected chi connectivity index (χ2v) is 4.15. The number of rotatable bonds is 3. The summed E-state index contributed by atoms with van der Waals surface area (Å²) in [6.07, 6.45) is 5.18. The number of nitrogens with two attached hydrogens (primary N) is 1. The van der Waals surface area contributed by atoms with Crippen LogP contribution < -0.4 is 29.7 Å². The van der Waals surface area contributed by atoms with Gasteiger partial charge in [0.25, 0.3) is 0 Å². The van der Waals surface area contributed by atoms with E-state index < -0.39 is 12.0 Å². The van der Waals surface area contributed by atoms with Crippen molar-refractivity contribution in [1.82, 2.24) is 0 Å². The van der Waals surface area contributed by atoms with Crippen molar-refractivity contribution in [3.05, 3.63) is 0 Å². The quantitative estimate of drug-likeness (QED) is 0.468. The molecule has 0 bridgehead atoms. The molecule has 1 saturated carbocycles. The first kappa shape index (κ1) is 13.0. The molecule has 0 aromatic rings. The van der Waals surface area contributed by atoms with Crippen molar-refractivity contribution in [3.63, 3.8) is 0 Å². The first-order valence-electron chi connectivity index (χ1n) is 4.50. The average molecular weight is 177 g/mol. The molecular formula is C9H16LiNO2. The standard InChI is InChI=1S/C9H17NO2.Li/c1-9(4-2-3-5-9)6-7(10)8(11)12;/h7H,2-6,10H2,1H3,(H,11,12);/q;+1/p-1/t7-;/m0./s1. The molecule has 0 aromatic carbocycles. The SMILES string of the molecule is CC1(C[C@H](N)C(=O)[O-])CCCC1.[Li+]. The van der Waals surface area contributed by atoms with E-state index in [0.717, 1.165) is 12.8 Å². The maximum atomic E-state index is 10.4. The van der Waals surface area contributed by atoms with Crippen LogP contribution in [-0.2, 0) is 4.79 Å². The molecule has 4 heteroatoms. The van der Waals surface area contributed by atoms with Crippen molar-refractivity contribution in [2.75, 3.05) is 0 Å². The summed E-state index contributed by atoms with van der Waals surface area (Å²) < 4.78 is 0. The second kappa shape index (κ2) is 5.04. The summed E-state index contributed by atoms with van der Waals surface area (Å²) >= 11 is 0. The normalized spacial score (nSPS) is 22.0. The summed E-state index contributed by atoms with van der Waals surface area (Å²) in [5, 5.41) is 10.4. The number of carbonyl (C=O) groups is 1. The number of aliphatic carboxylic acids is 1. The molecule has 1 rings (SSSR count). The third-order valence-corrected chi connectivity index (χ3v) is 2.83. The van der Waals surface area contributed by atoms with Crippen LogP contribution in [0, 0.1) is 5.41 Å². The van der Waals surface area contributed by atoms with Crippen LogP contribution in [0.1, 0.15) is 39.0 Å². The zero-order valence-corrected chi connectivity index (χ0v) is 8.51. The van der Waals surface area contributed by atoms with Gasteiger partial charge in [-0.1, -0.05) is 19.8 Å². The number of hydrogen-bond donors (Lipinski definition) is 1. The molecule has 1 atom stereocenters. The molecule has 2 N–H and O–H groups in total. The van der Waals surface area contributed by atoms with Gasteiger partial charge in [-0.05, 0) is 24.7 Å². The molecule has 0 amide bonds. The molecule has 0 unspecified atom stereocenters. The molecule has 0 saturated heterocycles. The van der Waals surface area contributed by atoms with Gasteiger partial charge in [0.05, 0.1) is 5.97 Å². The van der Waals surface area contributed by atoms with E-state index >= 15 is 0 Å². The second-order valence-electron chi connectivity index (χ2n) is 4.15. The fourth-order valence-corrected chi connectivity index (χ4v) is 2.05. The predicted octanol–water partition coefficient (Wildman–Crippen LogP) is -2.96. The third-order valence-electron chi connectivity index (χ3n) is 2.83. The fourth-order valence-electron chi connectivity index (χ4n) is 2.05. The fraction of sp³-hybridized carbons (Fsp3) is 0.889. The van der Waals surface area contributed by atoms with Crippen LogP contribution in [0.2, 0.25) is 0 Å². The van der Waals surface area contributed by atoms with Gasteiger partial charge < -0.3 is 15.6 Å². The largest absolute Gasteiger partial charge is 1.00 e. The van der Waals surface area contributed by atoms with E-state index in [0.29, 0.717) is 6.42 Å². The molecule has 3 nitrogen and oxygen atoms in total. The molecule has 0 spiro atoms. The van der Waals surface area contributed by atoms with Gasteiger partial charge in [0, 0.05) is 6.04 Å². The van der Waals surface area contributed by atoms with Gasteiger partial charge in [0.15, 0.2) is 0 Å². The molecule has 0 heterocycles. The van der Waals surface area contributed by atoms with E-state index in [-0.39, 0.29) is 24.3 Å². The van der Waals surface area contributed by atoms with Crippen LogP contribution in [0.3, 0.4) is 0 Å². The zero-order valence-electron chi connectivity index (χ0n) is 8.51. The predicted molar refractivity (Wildman–Crippen MR) is 44.2 cm³/mol. The van der Waals surface area contributed by atoms with Crippen LogP contribution >= 0.6 is 0 Å². The molecule has 70 valence electrons. The van der Waals surface area contributed by atoms with Gasteiger partial charge in [0.2, 0.25) is 0 Å². The van der Waals surface area contributed by atoms with Crippen molar-refractivity contribution in [2.45, 2.75) is 45.1 Å². The Morgan fingerprint density at radius 2 is 2.00 bits per heavy atom. The van der Waals surface area contributed by atoms with Crippen LogP contribution in [0.4, 0.5) is 0 Å². The Morgan fingerprint density at radius 1 is 1.54 bits per heavy atom. The van der Waals surface area contributed by atoms with Crippen LogP contribution in [-0.4, -0.2) is 12.0 Å². The minimum atomic E-state index is -1.12. The molecule has 0 aliphatic heterocycles. The Hall–Kier alpha value is 0.0274. The molecule has 1 aliphatic carbocycles. The van der Waals surface area contributed by atoms with Crippen molar-refractivity contribution in [1.29, 1.82) is 0 Å². The maximum absolute atomic E-state index is 10.4. The van der Waals surface area contributed by atoms with Crippen molar-refractivity contribution < 1.29 is 28.8 Å². The maximum Gasteiger partial charge on any atom is 1.00 e. The van der Waals surface area contributed by atoms with E-state index in [1.807, 2.05) is 0 Å². The topological polar surface area (TPSA) is 66.2 Å².